The van der Waals surface area contributed by atoms with Crippen LogP contribution in [0, 0.1) is 28.5 Å². The number of ketones is 1. The van der Waals surface area contributed by atoms with Crippen LogP contribution in [-0.4, -0.2) is 45.9 Å². The quantitative estimate of drug-likeness (QED) is 0.346. The van der Waals surface area contributed by atoms with Gasteiger partial charge in [0.05, 0.1) is 18.6 Å². The first-order valence-electron chi connectivity index (χ1n) is 14.8. The molecule has 1 saturated heterocycles. The fourth-order valence-corrected chi connectivity index (χ4v) is 8.82. The molecule has 6 rings (SSSR count). The highest BCUT2D eigenvalue weighted by Crippen LogP contribution is 2.72. The summed E-state index contributed by atoms with van der Waals surface area (Å²) in [4.78, 5) is 32.9. The number of halogens is 3. The Morgan fingerprint density at radius 2 is 1.90 bits per heavy atom. The van der Waals surface area contributed by atoms with Gasteiger partial charge in [0.2, 0.25) is 5.91 Å². The predicted octanol–water partition coefficient (Wildman–Crippen LogP) is 6.17. The maximum Gasteiger partial charge on any atom is 0.236 e. The van der Waals surface area contributed by atoms with E-state index >= 15 is 4.39 Å². The van der Waals surface area contributed by atoms with Gasteiger partial charge in [-0.05, 0) is 84.6 Å². The second-order valence-electron chi connectivity index (χ2n) is 13.7. The number of fused-ring (bicyclic) bond motifs is 3. The zero-order valence-electron chi connectivity index (χ0n) is 23.9. The molecule has 1 aromatic heterocycles. The van der Waals surface area contributed by atoms with Crippen molar-refractivity contribution < 1.29 is 28.9 Å². The second kappa shape index (κ2) is 10.5. The summed E-state index contributed by atoms with van der Waals surface area (Å²) in [5.74, 6) is -4.25. The zero-order chi connectivity index (χ0) is 30.1. The Labute approximate surface area is 255 Å². The molecule has 1 amide bonds. The van der Waals surface area contributed by atoms with Crippen LogP contribution in [-0.2, 0) is 19.7 Å². The van der Waals surface area contributed by atoms with Crippen molar-refractivity contribution in [2.45, 2.75) is 82.3 Å². The molecule has 42 heavy (non-hydrogen) atoms. The number of anilines is 1. The van der Waals surface area contributed by atoms with E-state index in [-0.39, 0.29) is 53.2 Å². The maximum absolute atomic E-state index is 16.0. The Balaban J connectivity index is 1.50. The summed E-state index contributed by atoms with van der Waals surface area (Å²) in [6.07, 6.45) is 5.92. The van der Waals surface area contributed by atoms with Gasteiger partial charge in [-0.3, -0.25) is 9.59 Å². The van der Waals surface area contributed by atoms with Crippen molar-refractivity contribution in [1.82, 2.24) is 4.98 Å². The molecule has 7 nitrogen and oxygen atoms in total. The van der Waals surface area contributed by atoms with Gasteiger partial charge in [-0.2, -0.15) is 0 Å². The van der Waals surface area contributed by atoms with Gasteiger partial charge in [0.15, 0.2) is 16.8 Å². The molecule has 0 unspecified atom stereocenters. The molecule has 2 aromatic rings. The van der Waals surface area contributed by atoms with Gasteiger partial charge >= 0.3 is 0 Å². The Morgan fingerprint density at radius 1 is 1.17 bits per heavy atom. The Bertz CT molecular complexity index is 1420. The highest BCUT2D eigenvalue weighted by Gasteiger charge is 2.72. The lowest BCUT2D eigenvalue weighted by molar-refractivity contribution is -0.253. The molecule has 3 N–H and O–H groups in total. The Kier molecular flexibility index (Phi) is 7.50. The van der Waals surface area contributed by atoms with E-state index in [1.54, 1.807) is 18.2 Å². The minimum absolute atomic E-state index is 0.0633. The van der Waals surface area contributed by atoms with Gasteiger partial charge in [0.25, 0.3) is 0 Å². The first-order valence-corrected chi connectivity index (χ1v) is 15.5. The van der Waals surface area contributed by atoms with Crippen molar-refractivity contribution in [3.05, 3.63) is 57.6 Å². The number of aliphatic hydroxyl groups is 2. The van der Waals surface area contributed by atoms with Crippen molar-refractivity contribution in [1.29, 1.82) is 0 Å². The highest BCUT2D eigenvalue weighted by atomic mass is 35.5. The molecule has 0 radical (unpaired) electrons. The molecular weight excluding hydrogens is 582 g/mol. The lowest BCUT2D eigenvalue weighted by atomic mass is 9.51. The number of hydrogen-bond acceptors (Lipinski definition) is 6. The average molecular weight is 620 g/mol. The number of pyridine rings is 1. The minimum Gasteiger partial charge on any atom is -0.391 e. The van der Waals surface area contributed by atoms with Crippen molar-refractivity contribution >= 4 is 40.6 Å². The Hall–Kier alpha value is -2.10. The number of benzene rings is 1. The first kappa shape index (κ1) is 29.9. The van der Waals surface area contributed by atoms with E-state index in [9.17, 15) is 19.8 Å². The third kappa shape index (κ3) is 4.60. The predicted molar refractivity (Wildman–Crippen MR) is 157 cm³/mol. The SMILES string of the molecule is CC1(C)CCC2(CC1)C[C@@H](C(=O)C[C@@H]1CC[C@](O)(CO)OC1)[C@H](c1ccnc(Cl)c1F)[C@]21C(=O)Nc2cc(Cl)ccc21. The molecular formula is C32H37Cl2FN2O5. The number of rotatable bonds is 5. The van der Waals surface area contributed by atoms with E-state index in [1.807, 2.05) is 6.07 Å². The summed E-state index contributed by atoms with van der Waals surface area (Å²) in [5, 5.41) is 23.0. The number of aliphatic hydroxyl groups excluding tert-OH is 1. The molecule has 3 fully saturated rings. The number of amides is 1. The standard InChI is InChI=1S/C32H37Cl2FN2O5/c1-29(2)8-10-30(11-9-29)15-21(24(39)13-18-5-7-31(41,17-38)42-16-18)25(20-6-12-36-27(34)26(20)35)32(30)22-4-3-19(33)14-23(22)37-28(32)40/h3-4,6,12,14,18,21,25,38,41H,5,7-11,13,15-17H2,1-2H3,(H,37,40)/t18-,21-,25-,31+,32+/m0/s1. The number of Topliss-reactive ketones (excluding diaryl/α,β-unsaturated/α-hetero) is 1. The third-order valence-electron chi connectivity index (χ3n) is 10.8. The van der Waals surface area contributed by atoms with E-state index in [1.165, 1.54) is 6.20 Å². The summed E-state index contributed by atoms with van der Waals surface area (Å²) in [5.41, 5.74) is -0.162. The monoisotopic (exact) mass is 618 g/mol. The van der Waals surface area contributed by atoms with Gasteiger partial charge in [0.1, 0.15) is 5.78 Å². The van der Waals surface area contributed by atoms with Gasteiger partial charge in [-0.1, -0.05) is 43.1 Å². The normalized spacial score (nSPS) is 33.1. The topological polar surface area (TPSA) is 109 Å². The largest absolute Gasteiger partial charge is 0.391 e. The first-order chi connectivity index (χ1) is 19.8. The van der Waals surface area contributed by atoms with Crippen LogP contribution >= 0.6 is 23.2 Å². The number of hydrogen-bond donors (Lipinski definition) is 3. The molecule has 0 bridgehead atoms. The smallest absolute Gasteiger partial charge is 0.236 e. The summed E-state index contributed by atoms with van der Waals surface area (Å²) in [7, 11) is 0. The van der Waals surface area contributed by atoms with E-state index < -0.39 is 40.9 Å². The van der Waals surface area contributed by atoms with Crippen LogP contribution in [0.5, 0.6) is 0 Å². The lowest BCUT2D eigenvalue weighted by Gasteiger charge is -2.51. The van der Waals surface area contributed by atoms with E-state index in [0.29, 0.717) is 36.4 Å². The van der Waals surface area contributed by atoms with E-state index in [2.05, 4.69) is 24.1 Å². The molecule has 10 heteroatoms. The van der Waals surface area contributed by atoms with Crippen molar-refractivity contribution in [3.8, 4) is 0 Å². The number of ether oxygens (including phenoxy) is 1. The molecule has 2 aliphatic heterocycles. The van der Waals surface area contributed by atoms with Crippen LogP contribution in [0.3, 0.4) is 0 Å². The summed E-state index contributed by atoms with van der Waals surface area (Å²) >= 11 is 12.6. The number of carbonyl (C=O) groups excluding carboxylic acids is 2. The molecule has 2 spiro atoms. The summed E-state index contributed by atoms with van der Waals surface area (Å²) in [6.45, 7) is 4.06. The van der Waals surface area contributed by atoms with Crippen LogP contribution in [0.2, 0.25) is 10.2 Å². The van der Waals surface area contributed by atoms with Gasteiger partial charge in [-0.15, -0.1) is 0 Å². The zero-order valence-corrected chi connectivity index (χ0v) is 25.4. The minimum atomic E-state index is -1.59. The molecule has 2 saturated carbocycles. The van der Waals surface area contributed by atoms with Gasteiger partial charge in [0, 0.05) is 41.6 Å². The van der Waals surface area contributed by atoms with Crippen molar-refractivity contribution in [2.75, 3.05) is 18.5 Å². The summed E-state index contributed by atoms with van der Waals surface area (Å²) in [6, 6.07) is 6.91. The third-order valence-corrected chi connectivity index (χ3v) is 11.3. The van der Waals surface area contributed by atoms with E-state index in [4.69, 9.17) is 27.9 Å². The second-order valence-corrected chi connectivity index (χ2v) is 14.5. The van der Waals surface area contributed by atoms with Crippen molar-refractivity contribution in [3.63, 3.8) is 0 Å². The molecule has 4 aliphatic rings. The Morgan fingerprint density at radius 3 is 2.57 bits per heavy atom. The molecule has 5 atom stereocenters. The number of nitrogens with one attached hydrogen (secondary N) is 1. The summed E-state index contributed by atoms with van der Waals surface area (Å²) < 4.78 is 21.6. The van der Waals surface area contributed by atoms with Crippen LogP contribution in [0.1, 0.15) is 82.3 Å². The fraction of sp³-hybridized carbons (Fsp3) is 0.594. The fourth-order valence-electron chi connectivity index (χ4n) is 8.48. The average Bonchev–Trinajstić information content (AvgIpc) is 3.41. The van der Waals surface area contributed by atoms with Gasteiger partial charge < -0.3 is 20.3 Å². The van der Waals surface area contributed by atoms with Gasteiger partial charge in [-0.25, -0.2) is 9.37 Å². The van der Waals surface area contributed by atoms with Crippen molar-refractivity contribution in [2.24, 2.45) is 22.7 Å². The van der Waals surface area contributed by atoms with Crippen LogP contribution in [0.4, 0.5) is 10.1 Å². The molecule has 1 aromatic carbocycles. The molecule has 2 aliphatic carbocycles. The number of nitrogens with zero attached hydrogens (tertiary/aromatic N) is 1. The number of aromatic nitrogens is 1. The van der Waals surface area contributed by atoms with Crippen LogP contribution in [0.25, 0.3) is 0 Å². The number of carbonyl (C=O) groups is 2. The van der Waals surface area contributed by atoms with Crippen LogP contribution in [0.15, 0.2) is 30.5 Å². The molecule has 3 heterocycles. The maximum atomic E-state index is 16.0. The van der Waals surface area contributed by atoms with Crippen LogP contribution < -0.4 is 5.32 Å². The van der Waals surface area contributed by atoms with E-state index in [0.717, 1.165) is 18.4 Å². The molecule has 226 valence electrons. The highest BCUT2D eigenvalue weighted by molar-refractivity contribution is 6.31. The lowest BCUT2D eigenvalue weighted by Crippen LogP contribution is -2.52.